The number of nitrogens with zero attached hydrogens (tertiary/aromatic N) is 2. The minimum atomic E-state index is -0.678. The molecule has 3 N–H and O–H groups in total. The molecule has 0 aliphatic heterocycles. The first-order valence-electron chi connectivity index (χ1n) is 11.1. The van der Waals surface area contributed by atoms with Gasteiger partial charge in [0.2, 0.25) is 0 Å². The van der Waals surface area contributed by atoms with Crippen molar-refractivity contribution in [3.63, 3.8) is 0 Å². The largest absolute Gasteiger partial charge is 0.493 e. The molecule has 0 aliphatic rings. The van der Waals surface area contributed by atoms with Crippen molar-refractivity contribution in [2.75, 3.05) is 30.9 Å². The molecule has 1 aromatic carbocycles. The molecule has 0 spiro atoms. The second-order valence-electron chi connectivity index (χ2n) is 7.46. The summed E-state index contributed by atoms with van der Waals surface area (Å²) in [5.74, 6) is 0.533. The van der Waals surface area contributed by atoms with E-state index in [1.807, 2.05) is 13.8 Å². The maximum atomic E-state index is 13.5. The molecule has 0 radical (unpaired) electrons. The lowest BCUT2D eigenvalue weighted by atomic mass is 10.1. The SMILES string of the molecule is CCCCCN(C(=O)c1ccc(OCC)c(OC)c1)c1c(N)n(CCCC)c(=O)[nH]c1=O. The summed E-state index contributed by atoms with van der Waals surface area (Å²) in [4.78, 5) is 42.3. The van der Waals surface area contributed by atoms with E-state index in [1.54, 1.807) is 18.2 Å². The Balaban J connectivity index is 2.57. The van der Waals surface area contributed by atoms with Crippen LogP contribution in [0.4, 0.5) is 11.5 Å². The van der Waals surface area contributed by atoms with Gasteiger partial charge >= 0.3 is 5.69 Å². The second kappa shape index (κ2) is 12.0. The molecule has 1 aromatic heterocycles. The van der Waals surface area contributed by atoms with E-state index in [-0.39, 0.29) is 11.5 Å². The molecule has 2 rings (SSSR count). The molecule has 1 heterocycles. The molecule has 0 saturated carbocycles. The Morgan fingerprint density at radius 1 is 1.09 bits per heavy atom. The molecule has 0 unspecified atom stereocenters. The Bertz CT molecular complexity index is 1030. The number of aromatic nitrogens is 2. The number of carbonyl (C=O) groups is 1. The Labute approximate surface area is 188 Å². The minimum Gasteiger partial charge on any atom is -0.493 e. The molecule has 9 nitrogen and oxygen atoms in total. The van der Waals surface area contributed by atoms with Gasteiger partial charge in [0.1, 0.15) is 5.82 Å². The van der Waals surface area contributed by atoms with E-state index < -0.39 is 17.2 Å². The van der Waals surface area contributed by atoms with Crippen molar-refractivity contribution in [3.8, 4) is 11.5 Å². The zero-order chi connectivity index (χ0) is 23.7. The average Bonchev–Trinajstić information content (AvgIpc) is 2.77. The molecule has 0 fully saturated rings. The predicted molar refractivity (Wildman–Crippen MR) is 126 cm³/mol. The van der Waals surface area contributed by atoms with Crippen molar-refractivity contribution in [2.24, 2.45) is 0 Å². The van der Waals surface area contributed by atoms with E-state index in [2.05, 4.69) is 11.9 Å². The number of aromatic amines is 1. The number of anilines is 2. The molecule has 9 heteroatoms. The lowest BCUT2D eigenvalue weighted by molar-refractivity contribution is 0.0985. The van der Waals surface area contributed by atoms with Crippen LogP contribution in [-0.4, -0.2) is 35.7 Å². The summed E-state index contributed by atoms with van der Waals surface area (Å²) in [5, 5.41) is 0. The smallest absolute Gasteiger partial charge is 0.330 e. The van der Waals surface area contributed by atoms with Crippen LogP contribution in [0.2, 0.25) is 0 Å². The Morgan fingerprint density at radius 2 is 1.81 bits per heavy atom. The number of amides is 1. The number of carbonyl (C=O) groups excluding carboxylic acids is 1. The number of nitrogen functional groups attached to an aromatic ring is 1. The summed E-state index contributed by atoms with van der Waals surface area (Å²) in [6.07, 6.45) is 4.08. The Kier molecular flexibility index (Phi) is 9.37. The topological polar surface area (TPSA) is 120 Å². The van der Waals surface area contributed by atoms with Gasteiger partial charge in [0, 0.05) is 18.7 Å². The highest BCUT2D eigenvalue weighted by molar-refractivity contribution is 6.07. The number of methoxy groups -OCH3 is 1. The van der Waals surface area contributed by atoms with Crippen molar-refractivity contribution in [2.45, 2.75) is 59.4 Å². The van der Waals surface area contributed by atoms with Gasteiger partial charge in [0.05, 0.1) is 13.7 Å². The normalized spacial score (nSPS) is 10.8. The average molecular weight is 447 g/mol. The van der Waals surface area contributed by atoms with Gasteiger partial charge in [-0.25, -0.2) is 4.79 Å². The first-order valence-corrected chi connectivity index (χ1v) is 11.1. The van der Waals surface area contributed by atoms with Gasteiger partial charge in [-0.15, -0.1) is 0 Å². The molecule has 176 valence electrons. The third kappa shape index (κ3) is 5.72. The molecule has 32 heavy (non-hydrogen) atoms. The highest BCUT2D eigenvalue weighted by Crippen LogP contribution is 2.29. The van der Waals surface area contributed by atoms with Crippen LogP contribution in [0.1, 0.15) is 63.2 Å². The van der Waals surface area contributed by atoms with E-state index in [9.17, 15) is 14.4 Å². The fourth-order valence-corrected chi connectivity index (χ4v) is 3.44. The molecule has 1 amide bonds. The summed E-state index contributed by atoms with van der Waals surface area (Å²) in [5.41, 5.74) is 5.34. The highest BCUT2D eigenvalue weighted by atomic mass is 16.5. The van der Waals surface area contributed by atoms with Crippen LogP contribution in [0.25, 0.3) is 0 Å². The maximum absolute atomic E-state index is 13.5. The molecular weight excluding hydrogens is 412 g/mol. The van der Waals surface area contributed by atoms with Gasteiger partial charge in [0.25, 0.3) is 11.5 Å². The van der Waals surface area contributed by atoms with Crippen molar-refractivity contribution >= 4 is 17.4 Å². The fraction of sp³-hybridized carbons (Fsp3) is 0.522. The third-order valence-electron chi connectivity index (χ3n) is 5.16. The number of H-pyrrole nitrogens is 1. The first-order chi connectivity index (χ1) is 15.4. The van der Waals surface area contributed by atoms with Crippen LogP contribution < -0.4 is 31.4 Å². The van der Waals surface area contributed by atoms with Gasteiger partial charge < -0.3 is 20.1 Å². The standard InChI is InChI=1S/C23H34N4O5/c1-5-8-10-14-26(19-20(24)27(13-9-6-2)23(30)25-21(19)28)22(29)16-11-12-17(32-7-3)18(15-16)31-4/h11-12,15H,5-10,13-14,24H2,1-4H3,(H,25,28,30). The van der Waals surface area contributed by atoms with Crippen LogP contribution in [0.3, 0.4) is 0 Å². The minimum absolute atomic E-state index is 0.00468. The maximum Gasteiger partial charge on any atom is 0.330 e. The molecule has 0 saturated heterocycles. The number of nitrogens with two attached hydrogens (primary N) is 1. The summed E-state index contributed by atoms with van der Waals surface area (Å²) in [6, 6.07) is 4.87. The van der Waals surface area contributed by atoms with E-state index in [0.717, 1.165) is 25.7 Å². The first kappa shape index (κ1) is 25.0. The predicted octanol–water partition coefficient (Wildman–Crippen LogP) is 3.16. The zero-order valence-electron chi connectivity index (χ0n) is 19.4. The van der Waals surface area contributed by atoms with Gasteiger partial charge in [-0.3, -0.25) is 19.1 Å². The summed E-state index contributed by atoms with van der Waals surface area (Å²) >= 11 is 0. The van der Waals surface area contributed by atoms with Gasteiger partial charge in [-0.05, 0) is 38.0 Å². The Hall–Kier alpha value is -3.23. The van der Waals surface area contributed by atoms with Crippen molar-refractivity contribution in [1.82, 2.24) is 9.55 Å². The summed E-state index contributed by atoms with van der Waals surface area (Å²) in [6.45, 7) is 7.01. The fourth-order valence-electron chi connectivity index (χ4n) is 3.44. The number of unbranched alkanes of at least 4 members (excludes halogenated alkanes) is 3. The molecule has 0 bridgehead atoms. The number of hydrogen-bond acceptors (Lipinski definition) is 6. The highest BCUT2D eigenvalue weighted by Gasteiger charge is 2.25. The van der Waals surface area contributed by atoms with Gasteiger partial charge in [0.15, 0.2) is 17.2 Å². The van der Waals surface area contributed by atoms with Crippen molar-refractivity contribution < 1.29 is 14.3 Å². The number of ether oxygens (including phenoxy) is 2. The van der Waals surface area contributed by atoms with E-state index in [0.29, 0.717) is 43.2 Å². The van der Waals surface area contributed by atoms with Crippen LogP contribution in [0.15, 0.2) is 27.8 Å². The van der Waals surface area contributed by atoms with Crippen molar-refractivity contribution in [1.29, 1.82) is 0 Å². The van der Waals surface area contributed by atoms with Crippen molar-refractivity contribution in [3.05, 3.63) is 44.6 Å². The zero-order valence-corrected chi connectivity index (χ0v) is 19.4. The van der Waals surface area contributed by atoms with E-state index in [1.165, 1.54) is 16.6 Å². The van der Waals surface area contributed by atoms with Crippen LogP contribution in [0.5, 0.6) is 11.5 Å². The van der Waals surface area contributed by atoms with Gasteiger partial charge in [-0.1, -0.05) is 33.1 Å². The number of hydrogen-bond donors (Lipinski definition) is 2. The Morgan fingerprint density at radius 3 is 2.44 bits per heavy atom. The number of rotatable bonds is 12. The number of benzene rings is 1. The molecule has 0 aliphatic carbocycles. The van der Waals surface area contributed by atoms with E-state index in [4.69, 9.17) is 15.2 Å². The summed E-state index contributed by atoms with van der Waals surface area (Å²) in [7, 11) is 1.50. The quantitative estimate of drug-likeness (QED) is 0.483. The second-order valence-corrected chi connectivity index (χ2v) is 7.46. The molecule has 2 aromatic rings. The monoisotopic (exact) mass is 446 g/mol. The lowest BCUT2D eigenvalue weighted by Crippen LogP contribution is -2.41. The number of nitrogens with one attached hydrogen (secondary N) is 1. The third-order valence-corrected chi connectivity index (χ3v) is 5.16. The molecule has 0 atom stereocenters. The molecular formula is C23H34N4O5. The van der Waals surface area contributed by atoms with Gasteiger partial charge in [-0.2, -0.15) is 0 Å². The summed E-state index contributed by atoms with van der Waals surface area (Å²) < 4.78 is 12.2. The van der Waals surface area contributed by atoms with E-state index >= 15 is 0 Å². The van der Waals surface area contributed by atoms with Crippen LogP contribution >= 0.6 is 0 Å². The van der Waals surface area contributed by atoms with Crippen LogP contribution in [0, 0.1) is 0 Å². The van der Waals surface area contributed by atoms with Crippen LogP contribution in [-0.2, 0) is 6.54 Å². The lowest BCUT2D eigenvalue weighted by Gasteiger charge is -2.25.